The first-order chi connectivity index (χ1) is 25.0. The van der Waals surface area contributed by atoms with Gasteiger partial charge in [0.1, 0.15) is 5.75 Å². The molecule has 0 saturated carbocycles. The van der Waals surface area contributed by atoms with Gasteiger partial charge in [-0.15, -0.1) is 0 Å². The monoisotopic (exact) mass is 771 g/mol. The largest absolute Gasteiger partial charge is 0.343 e. The second-order valence-corrected chi connectivity index (χ2v) is 18.7. The zero-order valence-electron chi connectivity index (χ0n) is 30.3. The number of nitrogens with zero attached hydrogens (tertiary/aromatic N) is 2. The minimum Gasteiger partial charge on any atom is -0.343 e. The Bertz CT molecular complexity index is 2560. The summed E-state index contributed by atoms with van der Waals surface area (Å²) in [6, 6.07) is 24.5. The van der Waals surface area contributed by atoms with E-state index in [0.717, 1.165) is 85.9 Å². The lowest BCUT2D eigenvalue weighted by Crippen LogP contribution is -2.30. The summed E-state index contributed by atoms with van der Waals surface area (Å²) in [5, 5.41) is 5.04. The van der Waals surface area contributed by atoms with Crippen molar-refractivity contribution in [3.8, 4) is 0 Å². The van der Waals surface area contributed by atoms with E-state index in [0.29, 0.717) is 5.03 Å². The summed E-state index contributed by atoms with van der Waals surface area (Å²) in [7, 11) is -8.40. The number of halogens is 1. The Morgan fingerprint density at radius 2 is 1.38 bits per heavy atom. The van der Waals surface area contributed by atoms with E-state index in [1.54, 1.807) is 0 Å². The van der Waals surface area contributed by atoms with Crippen LogP contribution in [-0.2, 0) is 31.1 Å². The van der Waals surface area contributed by atoms with Gasteiger partial charge in [0.2, 0.25) is 5.69 Å². The molecule has 3 aliphatic rings. The topological polar surface area (TPSA) is 115 Å². The molecule has 0 bridgehead atoms. The minimum atomic E-state index is -4.20. The summed E-state index contributed by atoms with van der Waals surface area (Å²) in [6.45, 7) is 8.74. The maximum Gasteiger partial charge on any atom is 0.271 e. The van der Waals surface area contributed by atoms with Gasteiger partial charge in [0.25, 0.3) is 20.2 Å². The summed E-state index contributed by atoms with van der Waals surface area (Å²) in [5.41, 5.74) is 6.84. The normalized spacial score (nSPS) is 20.1. The standard InChI is InChI=1S/C42H43ClN2O6S2/c1-41(2)36(44(24-26-52(46,47)48)34-20-16-28-10-5-7-14-32(28)38(34)41)22-18-30-12-9-13-31(40(30)43)19-23-37-42(3,4)39-33-15-8-6-11-29(33)17-21-35(39)45(37)25-27-53(49,50)51/h5-8,10-11,14-23H,9,12-13,24-27H2,1-4H3,(H-,46,47,48,49,50,51)/p+1. The van der Waals surface area contributed by atoms with Crippen LogP contribution in [0.3, 0.4) is 0 Å². The Hall–Kier alpha value is -4.06. The van der Waals surface area contributed by atoms with Gasteiger partial charge < -0.3 is 4.90 Å². The molecule has 7 rings (SSSR count). The number of allylic oxidation sites excluding steroid dienone is 8. The molecule has 0 spiro atoms. The van der Waals surface area contributed by atoms with E-state index in [9.17, 15) is 25.9 Å². The fourth-order valence-corrected chi connectivity index (χ4v) is 9.67. The van der Waals surface area contributed by atoms with Crippen molar-refractivity contribution in [2.24, 2.45) is 0 Å². The molecule has 2 aliphatic heterocycles. The SMILES string of the molecule is CC1(C)C(/C=C/C2=C(Cl)C(=C\C=C3\N(CCS(=O)(=O)O)c4ccc5ccccc5c4C3(C)C)/CCC2)=[N+](CCS(=O)(=O)O)c2ccc3ccccc3c21. The van der Waals surface area contributed by atoms with Gasteiger partial charge in [0, 0.05) is 46.1 Å². The minimum absolute atomic E-state index is 0.0975. The summed E-state index contributed by atoms with van der Waals surface area (Å²) < 4.78 is 69.0. The van der Waals surface area contributed by atoms with Crippen molar-refractivity contribution in [1.29, 1.82) is 0 Å². The Kier molecular flexibility index (Phi) is 9.60. The molecule has 1 aliphatic carbocycles. The molecule has 4 aromatic carbocycles. The smallest absolute Gasteiger partial charge is 0.271 e. The summed E-state index contributed by atoms with van der Waals surface area (Å²) >= 11 is 7.18. The molecule has 276 valence electrons. The molecule has 0 fully saturated rings. The van der Waals surface area contributed by atoms with Crippen LogP contribution in [-0.4, -0.2) is 60.8 Å². The van der Waals surface area contributed by atoms with Crippen molar-refractivity contribution in [2.75, 3.05) is 29.5 Å². The van der Waals surface area contributed by atoms with Gasteiger partial charge in [-0.3, -0.25) is 9.11 Å². The van der Waals surface area contributed by atoms with Crippen LogP contribution in [0.5, 0.6) is 0 Å². The molecular formula is C42H44ClN2O6S2+. The maximum atomic E-state index is 11.9. The third-order valence-electron chi connectivity index (χ3n) is 11.0. The quantitative estimate of drug-likeness (QED) is 0.129. The second kappa shape index (κ2) is 13.7. The fraction of sp³-hybridized carbons (Fsp3) is 0.310. The zero-order chi connectivity index (χ0) is 37.9. The third kappa shape index (κ3) is 7.03. The first kappa shape index (κ1) is 37.3. The average molecular weight is 772 g/mol. The van der Waals surface area contributed by atoms with Crippen molar-refractivity contribution < 1.29 is 30.5 Å². The van der Waals surface area contributed by atoms with Gasteiger partial charge in [0.15, 0.2) is 12.3 Å². The van der Waals surface area contributed by atoms with E-state index in [2.05, 4.69) is 52.0 Å². The van der Waals surface area contributed by atoms with Gasteiger partial charge in [-0.05, 0) is 89.6 Å². The van der Waals surface area contributed by atoms with Crippen molar-refractivity contribution in [1.82, 2.24) is 0 Å². The summed E-state index contributed by atoms with van der Waals surface area (Å²) in [6.07, 6.45) is 10.6. The Balaban J connectivity index is 1.28. The van der Waals surface area contributed by atoms with Crippen LogP contribution < -0.4 is 4.90 Å². The molecule has 4 aromatic rings. The Morgan fingerprint density at radius 3 is 2.04 bits per heavy atom. The first-order valence-electron chi connectivity index (χ1n) is 17.8. The van der Waals surface area contributed by atoms with Gasteiger partial charge in [-0.2, -0.15) is 21.4 Å². The molecule has 0 atom stereocenters. The number of rotatable bonds is 9. The predicted octanol–water partition coefficient (Wildman–Crippen LogP) is 8.99. The van der Waals surface area contributed by atoms with Crippen LogP contribution in [0.25, 0.3) is 21.5 Å². The van der Waals surface area contributed by atoms with Crippen LogP contribution in [0.15, 0.2) is 119 Å². The Morgan fingerprint density at radius 1 is 0.755 bits per heavy atom. The summed E-state index contributed by atoms with van der Waals surface area (Å²) in [5.74, 6) is -0.816. The molecule has 53 heavy (non-hydrogen) atoms. The van der Waals surface area contributed by atoms with E-state index < -0.39 is 42.6 Å². The number of benzene rings is 4. The molecular weight excluding hydrogens is 728 g/mol. The molecule has 2 heterocycles. The lowest BCUT2D eigenvalue weighted by Gasteiger charge is -2.27. The highest BCUT2D eigenvalue weighted by molar-refractivity contribution is 7.86. The molecule has 11 heteroatoms. The van der Waals surface area contributed by atoms with Crippen LogP contribution in [0.4, 0.5) is 11.4 Å². The highest BCUT2D eigenvalue weighted by Crippen LogP contribution is 2.51. The number of anilines is 1. The molecule has 0 amide bonds. The maximum absolute atomic E-state index is 11.9. The van der Waals surface area contributed by atoms with E-state index in [-0.39, 0.29) is 13.1 Å². The fourth-order valence-electron chi connectivity index (χ4n) is 8.53. The van der Waals surface area contributed by atoms with Gasteiger partial charge in [-0.1, -0.05) is 92.2 Å². The lowest BCUT2D eigenvalue weighted by atomic mass is 9.78. The molecule has 8 nitrogen and oxygen atoms in total. The highest BCUT2D eigenvalue weighted by Gasteiger charge is 2.46. The zero-order valence-corrected chi connectivity index (χ0v) is 32.7. The first-order valence-corrected chi connectivity index (χ1v) is 21.4. The van der Waals surface area contributed by atoms with Crippen LogP contribution in [0.2, 0.25) is 0 Å². The molecule has 2 N–H and O–H groups in total. The Labute approximate surface area is 317 Å². The molecule has 0 saturated heterocycles. The number of hydrogen-bond acceptors (Lipinski definition) is 5. The van der Waals surface area contributed by atoms with E-state index in [4.69, 9.17) is 11.6 Å². The van der Waals surface area contributed by atoms with Crippen molar-refractivity contribution in [3.05, 3.63) is 130 Å². The van der Waals surface area contributed by atoms with E-state index >= 15 is 0 Å². The number of fused-ring (bicyclic) bond motifs is 6. The van der Waals surface area contributed by atoms with Crippen molar-refractivity contribution >= 4 is 70.5 Å². The second-order valence-electron chi connectivity index (χ2n) is 15.1. The third-order valence-corrected chi connectivity index (χ3v) is 12.9. The van der Waals surface area contributed by atoms with Crippen LogP contribution in [0.1, 0.15) is 58.1 Å². The molecule has 0 unspecified atom stereocenters. The van der Waals surface area contributed by atoms with Crippen molar-refractivity contribution in [3.63, 3.8) is 0 Å². The average Bonchev–Trinajstić information content (AvgIpc) is 3.46. The molecule has 0 aromatic heterocycles. The van der Waals surface area contributed by atoms with Gasteiger partial charge >= 0.3 is 0 Å². The van der Waals surface area contributed by atoms with Crippen LogP contribution >= 0.6 is 11.6 Å². The van der Waals surface area contributed by atoms with E-state index in [1.165, 1.54) is 0 Å². The predicted molar refractivity (Wildman–Crippen MR) is 216 cm³/mol. The number of hydrogen-bond donors (Lipinski definition) is 2. The van der Waals surface area contributed by atoms with Crippen LogP contribution in [0, 0.1) is 0 Å². The highest BCUT2D eigenvalue weighted by atomic mass is 35.5. The van der Waals surface area contributed by atoms with E-state index in [1.807, 2.05) is 82.3 Å². The summed E-state index contributed by atoms with van der Waals surface area (Å²) in [4.78, 5) is 2.00. The van der Waals surface area contributed by atoms with Gasteiger partial charge in [-0.25, -0.2) is 0 Å². The van der Waals surface area contributed by atoms with Crippen molar-refractivity contribution in [2.45, 2.75) is 57.8 Å². The van der Waals surface area contributed by atoms with Gasteiger partial charge in [0.05, 0.1) is 11.2 Å². The lowest BCUT2D eigenvalue weighted by molar-refractivity contribution is -0.432. The molecule has 0 radical (unpaired) electrons.